The van der Waals surface area contributed by atoms with Crippen molar-refractivity contribution < 1.29 is 9.53 Å². The van der Waals surface area contributed by atoms with Crippen LogP contribution in [0.2, 0.25) is 0 Å². The predicted molar refractivity (Wildman–Crippen MR) is 101 cm³/mol. The maximum atomic E-state index is 12.2. The molecule has 6 nitrogen and oxygen atoms in total. The van der Waals surface area contributed by atoms with Gasteiger partial charge in [-0.05, 0) is 44.4 Å². The van der Waals surface area contributed by atoms with E-state index < -0.39 is 0 Å². The number of likely N-dealkylation sites (tertiary alicyclic amines) is 1. The highest BCUT2D eigenvalue weighted by molar-refractivity contribution is 5.91. The van der Waals surface area contributed by atoms with Crippen molar-refractivity contribution in [1.82, 2.24) is 14.9 Å². The van der Waals surface area contributed by atoms with Crippen LogP contribution in [0.25, 0.3) is 0 Å². The molecule has 1 aliphatic rings. The number of benzene rings is 1. The lowest BCUT2D eigenvalue weighted by molar-refractivity contribution is -0.116. The van der Waals surface area contributed by atoms with E-state index in [4.69, 9.17) is 4.74 Å². The zero-order chi connectivity index (χ0) is 18.4. The van der Waals surface area contributed by atoms with Crippen molar-refractivity contribution in [2.24, 2.45) is 0 Å². The van der Waals surface area contributed by atoms with Crippen molar-refractivity contribution in [2.75, 3.05) is 25.0 Å². The van der Waals surface area contributed by atoms with Gasteiger partial charge in [0.25, 0.3) is 0 Å². The fourth-order valence-corrected chi connectivity index (χ4v) is 3.17. The molecular formula is C20H26N4O2. The Labute approximate surface area is 154 Å². The van der Waals surface area contributed by atoms with E-state index in [1.54, 1.807) is 18.5 Å². The van der Waals surface area contributed by atoms with Crippen molar-refractivity contribution in [3.63, 3.8) is 0 Å². The first-order valence-corrected chi connectivity index (χ1v) is 9.13. The van der Waals surface area contributed by atoms with Crippen LogP contribution >= 0.6 is 0 Å². The number of hydrogen-bond donors (Lipinski definition) is 1. The molecule has 138 valence electrons. The second kappa shape index (κ2) is 8.76. The summed E-state index contributed by atoms with van der Waals surface area (Å²) < 4.78 is 5.80. The topological polar surface area (TPSA) is 67.4 Å². The Morgan fingerprint density at radius 2 is 1.96 bits per heavy atom. The van der Waals surface area contributed by atoms with Crippen LogP contribution in [0.4, 0.5) is 5.69 Å². The van der Waals surface area contributed by atoms with E-state index in [0.29, 0.717) is 12.4 Å². The predicted octanol–water partition coefficient (Wildman–Crippen LogP) is 2.97. The molecular weight excluding hydrogens is 328 g/mol. The van der Waals surface area contributed by atoms with Gasteiger partial charge >= 0.3 is 6.01 Å². The summed E-state index contributed by atoms with van der Waals surface area (Å²) in [5, 5.41) is 3.01. The second-order valence-electron chi connectivity index (χ2n) is 6.81. The lowest BCUT2D eigenvalue weighted by atomic mass is 10.1. The SMILES string of the molecule is Cc1ccc(NC(=O)CCN2CCC(Oc3ncccn3)CC2)c(C)c1. The number of anilines is 1. The number of piperidine rings is 1. The van der Waals surface area contributed by atoms with Crippen molar-refractivity contribution in [3.05, 3.63) is 47.8 Å². The summed E-state index contributed by atoms with van der Waals surface area (Å²) in [6.07, 6.45) is 5.88. The lowest BCUT2D eigenvalue weighted by Gasteiger charge is -2.31. The average molecular weight is 354 g/mol. The monoisotopic (exact) mass is 354 g/mol. The van der Waals surface area contributed by atoms with Crippen LogP contribution in [0.15, 0.2) is 36.7 Å². The average Bonchev–Trinajstić information content (AvgIpc) is 2.64. The number of aromatic nitrogens is 2. The van der Waals surface area contributed by atoms with Gasteiger partial charge in [0.1, 0.15) is 6.10 Å². The number of carbonyl (C=O) groups excluding carboxylic acids is 1. The molecule has 1 N–H and O–H groups in total. The third-order valence-corrected chi connectivity index (χ3v) is 4.66. The van der Waals surface area contributed by atoms with Crippen molar-refractivity contribution in [3.8, 4) is 6.01 Å². The van der Waals surface area contributed by atoms with Gasteiger partial charge < -0.3 is 15.0 Å². The van der Waals surface area contributed by atoms with Crippen LogP contribution in [0.3, 0.4) is 0 Å². The van der Waals surface area contributed by atoms with Crippen LogP contribution in [0.1, 0.15) is 30.4 Å². The number of rotatable bonds is 6. The molecule has 3 rings (SSSR count). The molecule has 26 heavy (non-hydrogen) atoms. The van der Waals surface area contributed by atoms with Crippen molar-refractivity contribution >= 4 is 11.6 Å². The van der Waals surface area contributed by atoms with Crippen molar-refractivity contribution in [2.45, 2.75) is 39.2 Å². The van der Waals surface area contributed by atoms with Crippen LogP contribution in [-0.2, 0) is 4.79 Å². The minimum Gasteiger partial charge on any atom is -0.460 e. The second-order valence-corrected chi connectivity index (χ2v) is 6.81. The standard InChI is InChI=1S/C20H26N4O2/c1-15-4-5-18(16(2)14-15)23-19(25)8-13-24-11-6-17(7-12-24)26-20-21-9-3-10-22-20/h3-5,9-10,14,17H,6-8,11-13H2,1-2H3,(H,23,25). The highest BCUT2D eigenvalue weighted by Gasteiger charge is 2.21. The smallest absolute Gasteiger partial charge is 0.316 e. The molecule has 1 aromatic heterocycles. The summed E-state index contributed by atoms with van der Waals surface area (Å²) in [7, 11) is 0. The van der Waals surface area contributed by atoms with Gasteiger partial charge in [0, 0.05) is 44.1 Å². The molecule has 6 heteroatoms. The molecule has 1 fully saturated rings. The molecule has 1 aromatic carbocycles. The fraction of sp³-hybridized carbons (Fsp3) is 0.450. The highest BCUT2D eigenvalue weighted by atomic mass is 16.5. The lowest BCUT2D eigenvalue weighted by Crippen LogP contribution is -2.39. The van der Waals surface area contributed by atoms with Crippen molar-refractivity contribution in [1.29, 1.82) is 0 Å². The summed E-state index contributed by atoms with van der Waals surface area (Å²) in [5.41, 5.74) is 3.20. The zero-order valence-electron chi connectivity index (χ0n) is 15.4. The maximum Gasteiger partial charge on any atom is 0.316 e. The number of aryl methyl sites for hydroxylation is 2. The van der Waals surface area contributed by atoms with Gasteiger partial charge in [0.05, 0.1) is 0 Å². The van der Waals surface area contributed by atoms with E-state index in [2.05, 4.69) is 33.2 Å². The summed E-state index contributed by atoms with van der Waals surface area (Å²) in [4.78, 5) is 22.7. The Kier molecular flexibility index (Phi) is 6.17. The van der Waals surface area contributed by atoms with Gasteiger partial charge in [-0.2, -0.15) is 0 Å². The fourth-order valence-electron chi connectivity index (χ4n) is 3.17. The number of nitrogens with zero attached hydrogens (tertiary/aromatic N) is 3. The zero-order valence-corrected chi connectivity index (χ0v) is 15.4. The molecule has 0 bridgehead atoms. The van der Waals surface area contributed by atoms with Gasteiger partial charge in [0.15, 0.2) is 0 Å². The van der Waals surface area contributed by atoms with E-state index in [-0.39, 0.29) is 12.0 Å². The molecule has 1 amide bonds. The van der Waals surface area contributed by atoms with E-state index >= 15 is 0 Å². The molecule has 1 aliphatic heterocycles. The molecule has 0 saturated carbocycles. The third-order valence-electron chi connectivity index (χ3n) is 4.66. The minimum atomic E-state index is 0.0630. The van der Waals surface area contributed by atoms with Gasteiger partial charge in [-0.25, -0.2) is 9.97 Å². The number of carbonyl (C=O) groups is 1. The maximum absolute atomic E-state index is 12.2. The van der Waals surface area contributed by atoms with Gasteiger partial charge in [-0.15, -0.1) is 0 Å². The van der Waals surface area contributed by atoms with E-state index in [9.17, 15) is 4.79 Å². The summed E-state index contributed by atoms with van der Waals surface area (Å²) in [6.45, 7) is 6.69. The number of hydrogen-bond acceptors (Lipinski definition) is 5. The Morgan fingerprint density at radius 3 is 2.65 bits per heavy atom. The third kappa shape index (κ3) is 5.26. The van der Waals surface area contributed by atoms with Crippen LogP contribution in [0.5, 0.6) is 6.01 Å². The van der Waals surface area contributed by atoms with Crippen LogP contribution in [0, 0.1) is 13.8 Å². The van der Waals surface area contributed by atoms with Gasteiger partial charge in [-0.1, -0.05) is 17.7 Å². The summed E-state index contributed by atoms with van der Waals surface area (Å²) >= 11 is 0. The summed E-state index contributed by atoms with van der Waals surface area (Å²) in [5.74, 6) is 0.0630. The number of nitrogens with one attached hydrogen (secondary N) is 1. The molecule has 0 unspecified atom stereocenters. The van der Waals surface area contributed by atoms with Crippen LogP contribution in [-0.4, -0.2) is 46.5 Å². The Balaban J connectivity index is 1.38. The Hall–Kier alpha value is -2.47. The van der Waals surface area contributed by atoms with E-state index in [0.717, 1.165) is 43.7 Å². The Morgan fingerprint density at radius 1 is 1.23 bits per heavy atom. The first-order chi connectivity index (χ1) is 12.6. The van der Waals surface area contributed by atoms with Gasteiger partial charge in [-0.3, -0.25) is 4.79 Å². The largest absolute Gasteiger partial charge is 0.460 e. The highest BCUT2D eigenvalue weighted by Crippen LogP contribution is 2.17. The molecule has 0 aliphatic carbocycles. The molecule has 0 spiro atoms. The summed E-state index contributed by atoms with van der Waals surface area (Å²) in [6, 6.07) is 8.29. The molecule has 1 saturated heterocycles. The van der Waals surface area contributed by atoms with Gasteiger partial charge in [0.2, 0.25) is 5.91 Å². The van der Waals surface area contributed by atoms with E-state index in [1.165, 1.54) is 5.56 Å². The molecule has 2 aromatic rings. The molecule has 2 heterocycles. The Bertz CT molecular complexity index is 728. The van der Waals surface area contributed by atoms with Crippen LogP contribution < -0.4 is 10.1 Å². The normalized spacial score (nSPS) is 15.6. The quantitative estimate of drug-likeness (QED) is 0.864. The first kappa shape index (κ1) is 18.3. The number of ether oxygens (including phenoxy) is 1. The number of amides is 1. The molecule has 0 radical (unpaired) electrons. The first-order valence-electron chi connectivity index (χ1n) is 9.13. The molecule has 0 atom stereocenters. The minimum absolute atomic E-state index is 0.0630. The van der Waals surface area contributed by atoms with E-state index in [1.807, 2.05) is 19.1 Å².